The van der Waals surface area contributed by atoms with Gasteiger partial charge in [0.05, 0.1) is 24.3 Å². The number of pyridine rings is 1. The Kier molecular flexibility index (Phi) is 6.27. The van der Waals surface area contributed by atoms with Gasteiger partial charge in [0.25, 0.3) is 0 Å². The number of likely N-dealkylation sites (tertiary alicyclic amines) is 1. The number of fused-ring (bicyclic) bond motifs is 1. The van der Waals surface area contributed by atoms with Gasteiger partial charge in [-0.15, -0.1) is 10.2 Å². The molecule has 1 saturated heterocycles. The molecule has 4 aromatic rings. The van der Waals surface area contributed by atoms with Gasteiger partial charge in [-0.25, -0.2) is 0 Å². The molecule has 0 amide bonds. The summed E-state index contributed by atoms with van der Waals surface area (Å²) in [6.07, 6.45) is 3.90. The Labute approximate surface area is 187 Å². The van der Waals surface area contributed by atoms with E-state index in [1.165, 1.54) is 30.2 Å². The number of nitrogens with zero attached hydrogens (tertiary/aromatic N) is 5. The number of benzene rings is 2. The number of thioether (sulfide) groups is 1. The molecule has 2 aromatic heterocycles. The van der Waals surface area contributed by atoms with Crippen LogP contribution in [0.5, 0.6) is 0 Å². The van der Waals surface area contributed by atoms with Crippen LogP contribution in [0.1, 0.15) is 36.3 Å². The summed E-state index contributed by atoms with van der Waals surface area (Å²) >= 11 is 1.72. The zero-order chi connectivity index (χ0) is 20.9. The molecule has 31 heavy (non-hydrogen) atoms. The molecule has 1 aliphatic rings. The lowest BCUT2D eigenvalue weighted by molar-refractivity contribution is 0.213. The van der Waals surface area contributed by atoms with E-state index in [-0.39, 0.29) is 0 Å². The quantitative estimate of drug-likeness (QED) is 0.380. The van der Waals surface area contributed by atoms with Crippen LogP contribution in [0, 0.1) is 0 Å². The summed E-state index contributed by atoms with van der Waals surface area (Å²) < 4.78 is 2.29. The van der Waals surface area contributed by atoms with Crippen LogP contribution in [0.25, 0.3) is 10.9 Å². The number of rotatable bonds is 7. The highest BCUT2D eigenvalue weighted by Gasteiger charge is 2.18. The highest BCUT2D eigenvalue weighted by molar-refractivity contribution is 7.98. The van der Waals surface area contributed by atoms with E-state index in [4.69, 9.17) is 4.98 Å². The summed E-state index contributed by atoms with van der Waals surface area (Å²) in [5.41, 5.74) is 3.38. The van der Waals surface area contributed by atoms with Crippen molar-refractivity contribution >= 4 is 22.7 Å². The molecule has 0 spiro atoms. The number of aromatic nitrogens is 4. The molecule has 3 heterocycles. The third kappa shape index (κ3) is 4.97. The van der Waals surface area contributed by atoms with E-state index >= 15 is 0 Å². The molecule has 0 atom stereocenters. The second kappa shape index (κ2) is 9.62. The van der Waals surface area contributed by atoms with Gasteiger partial charge in [0.1, 0.15) is 5.82 Å². The molecule has 6 heteroatoms. The van der Waals surface area contributed by atoms with E-state index in [1.807, 2.05) is 12.1 Å². The van der Waals surface area contributed by atoms with Crippen LogP contribution < -0.4 is 0 Å². The second-order valence-corrected chi connectivity index (χ2v) is 9.03. The van der Waals surface area contributed by atoms with Crippen molar-refractivity contribution in [3.05, 3.63) is 83.8 Å². The zero-order valence-corrected chi connectivity index (χ0v) is 18.5. The fourth-order valence-corrected chi connectivity index (χ4v) is 4.97. The largest absolute Gasteiger partial charge is 0.300 e. The summed E-state index contributed by atoms with van der Waals surface area (Å²) in [6, 6.07) is 23.1. The maximum atomic E-state index is 4.82. The predicted octanol–water partition coefficient (Wildman–Crippen LogP) is 5.15. The Bertz CT molecular complexity index is 1140. The van der Waals surface area contributed by atoms with Gasteiger partial charge in [-0.05, 0) is 43.6 Å². The van der Waals surface area contributed by atoms with E-state index in [0.29, 0.717) is 0 Å². The average molecular weight is 430 g/mol. The van der Waals surface area contributed by atoms with Crippen LogP contribution in [0.2, 0.25) is 0 Å². The van der Waals surface area contributed by atoms with Gasteiger partial charge in [-0.3, -0.25) is 9.88 Å². The van der Waals surface area contributed by atoms with Crippen LogP contribution in [-0.4, -0.2) is 37.7 Å². The van der Waals surface area contributed by atoms with Gasteiger partial charge in [-0.2, -0.15) is 0 Å². The summed E-state index contributed by atoms with van der Waals surface area (Å²) in [5, 5.41) is 11.3. The van der Waals surface area contributed by atoms with Gasteiger partial charge in [0.2, 0.25) is 0 Å². The molecule has 1 fully saturated rings. The molecule has 5 nitrogen and oxygen atoms in total. The molecular formula is C25H27N5S. The fraction of sp³-hybridized carbons (Fsp3) is 0.320. The van der Waals surface area contributed by atoms with Crippen LogP contribution >= 0.6 is 11.8 Å². The predicted molar refractivity (Wildman–Crippen MR) is 126 cm³/mol. The number of hydrogen-bond donors (Lipinski definition) is 0. The van der Waals surface area contributed by atoms with Crippen molar-refractivity contribution in [1.82, 2.24) is 24.6 Å². The van der Waals surface area contributed by atoms with E-state index in [0.717, 1.165) is 54.1 Å². The van der Waals surface area contributed by atoms with Crippen molar-refractivity contribution in [3.8, 4) is 0 Å². The molecular weight excluding hydrogens is 402 g/mol. The highest BCUT2D eigenvalue weighted by Crippen LogP contribution is 2.24. The van der Waals surface area contributed by atoms with Crippen molar-refractivity contribution in [2.24, 2.45) is 0 Å². The first-order valence-corrected chi connectivity index (χ1v) is 12.0. The first-order chi connectivity index (χ1) is 15.3. The topological polar surface area (TPSA) is 46.8 Å². The second-order valence-electron chi connectivity index (χ2n) is 8.09. The number of hydrogen-bond acceptors (Lipinski definition) is 5. The summed E-state index contributed by atoms with van der Waals surface area (Å²) in [7, 11) is 0. The monoisotopic (exact) mass is 429 g/mol. The Morgan fingerprint density at radius 1 is 0.774 bits per heavy atom. The van der Waals surface area contributed by atoms with Gasteiger partial charge in [0, 0.05) is 11.1 Å². The molecule has 0 radical (unpaired) electrons. The smallest absolute Gasteiger partial charge is 0.191 e. The SMILES string of the molecule is c1ccc(Cn2c(CN3CCCCC3)nnc2SCc2ccc3ccccc3n2)cc1. The Hall–Kier alpha value is -2.70. The van der Waals surface area contributed by atoms with Gasteiger partial charge < -0.3 is 4.57 Å². The maximum Gasteiger partial charge on any atom is 0.191 e. The molecule has 0 unspecified atom stereocenters. The molecule has 0 saturated carbocycles. The van der Waals surface area contributed by atoms with Crippen molar-refractivity contribution in [3.63, 3.8) is 0 Å². The lowest BCUT2D eigenvalue weighted by atomic mass is 10.1. The average Bonchev–Trinajstić information content (AvgIpc) is 3.20. The molecule has 5 rings (SSSR count). The van der Waals surface area contributed by atoms with E-state index < -0.39 is 0 Å². The minimum absolute atomic E-state index is 0.779. The Morgan fingerprint density at radius 2 is 1.58 bits per heavy atom. The van der Waals surface area contributed by atoms with E-state index in [2.05, 4.69) is 74.3 Å². The van der Waals surface area contributed by atoms with Crippen LogP contribution in [0.4, 0.5) is 0 Å². The summed E-state index contributed by atoms with van der Waals surface area (Å²) in [5.74, 6) is 1.83. The summed E-state index contributed by atoms with van der Waals surface area (Å²) in [4.78, 5) is 7.33. The summed E-state index contributed by atoms with van der Waals surface area (Å²) in [6.45, 7) is 3.97. The molecule has 158 valence electrons. The molecule has 2 aromatic carbocycles. The van der Waals surface area contributed by atoms with Crippen molar-refractivity contribution in [1.29, 1.82) is 0 Å². The fourth-order valence-electron chi connectivity index (χ4n) is 4.11. The van der Waals surface area contributed by atoms with E-state index in [1.54, 1.807) is 11.8 Å². The molecule has 0 aliphatic carbocycles. The van der Waals surface area contributed by atoms with Crippen molar-refractivity contribution in [2.45, 2.75) is 43.3 Å². The van der Waals surface area contributed by atoms with Crippen molar-refractivity contribution in [2.75, 3.05) is 13.1 Å². The Balaban J connectivity index is 1.37. The van der Waals surface area contributed by atoms with Crippen molar-refractivity contribution < 1.29 is 0 Å². The normalized spacial score (nSPS) is 14.8. The van der Waals surface area contributed by atoms with E-state index in [9.17, 15) is 0 Å². The van der Waals surface area contributed by atoms with Gasteiger partial charge in [0.15, 0.2) is 5.16 Å². The maximum absolute atomic E-state index is 4.82. The Morgan fingerprint density at radius 3 is 2.45 bits per heavy atom. The number of piperidine rings is 1. The molecule has 0 N–H and O–H groups in total. The minimum Gasteiger partial charge on any atom is -0.300 e. The molecule has 1 aliphatic heterocycles. The lowest BCUT2D eigenvalue weighted by Crippen LogP contribution is -2.30. The first kappa shape index (κ1) is 20.2. The zero-order valence-electron chi connectivity index (χ0n) is 17.7. The van der Waals surface area contributed by atoms with Crippen LogP contribution in [0.15, 0.2) is 71.9 Å². The minimum atomic E-state index is 0.779. The van der Waals surface area contributed by atoms with Gasteiger partial charge >= 0.3 is 0 Å². The standard InChI is InChI=1S/C25H27N5S/c1-3-9-20(10-4-1)17-30-24(18-29-15-7-2-8-16-29)27-28-25(30)31-19-22-14-13-21-11-5-6-12-23(21)26-22/h1,3-6,9-14H,2,7-8,15-19H2. The third-order valence-electron chi connectivity index (χ3n) is 5.80. The number of para-hydroxylation sites is 1. The third-order valence-corrected chi connectivity index (χ3v) is 6.80. The highest BCUT2D eigenvalue weighted by atomic mass is 32.2. The molecule has 0 bridgehead atoms. The first-order valence-electron chi connectivity index (χ1n) is 11.0. The van der Waals surface area contributed by atoms with Gasteiger partial charge in [-0.1, -0.05) is 72.8 Å². The van der Waals surface area contributed by atoms with Crippen LogP contribution in [0.3, 0.4) is 0 Å². The lowest BCUT2D eigenvalue weighted by Gasteiger charge is -2.26. The van der Waals surface area contributed by atoms with Crippen LogP contribution in [-0.2, 0) is 18.8 Å².